The van der Waals surface area contributed by atoms with E-state index in [1.807, 2.05) is 0 Å². The minimum absolute atomic E-state index is 0. The fraction of sp³-hybridized carbons (Fsp3) is 0.923. The molecule has 0 aromatic carbocycles. The first-order valence-electron chi connectivity index (χ1n) is 6.68. The highest BCUT2D eigenvalue weighted by atomic mass is 127. The van der Waals surface area contributed by atoms with Crippen molar-refractivity contribution in [2.45, 2.75) is 53.0 Å². The zero-order valence-corrected chi connectivity index (χ0v) is 14.0. The second-order valence-electron chi connectivity index (χ2n) is 5.19. The van der Waals surface area contributed by atoms with Gasteiger partial charge in [0.2, 0.25) is 0 Å². The van der Waals surface area contributed by atoms with Gasteiger partial charge in [-0.05, 0) is 38.5 Å². The Bertz CT molecular complexity index is 225. The average molecular weight is 353 g/mol. The van der Waals surface area contributed by atoms with Crippen LogP contribution in [0.1, 0.15) is 47.0 Å². The van der Waals surface area contributed by atoms with Crippen LogP contribution >= 0.6 is 24.0 Å². The number of hydrogen-bond donors (Lipinski definition) is 2. The molecule has 0 amide bonds. The van der Waals surface area contributed by atoms with E-state index in [1.165, 1.54) is 19.3 Å². The van der Waals surface area contributed by atoms with E-state index in [-0.39, 0.29) is 24.0 Å². The molecule has 1 aliphatic carbocycles. The lowest BCUT2D eigenvalue weighted by Gasteiger charge is -2.25. The lowest BCUT2D eigenvalue weighted by molar-refractivity contribution is 0.325. The Morgan fingerprint density at radius 1 is 1.29 bits per heavy atom. The van der Waals surface area contributed by atoms with Gasteiger partial charge in [-0.25, -0.2) is 0 Å². The fourth-order valence-electron chi connectivity index (χ4n) is 1.60. The maximum Gasteiger partial charge on any atom is 0.191 e. The first kappa shape index (κ1) is 17.0. The summed E-state index contributed by atoms with van der Waals surface area (Å²) in [6.45, 7) is 10.7. The Hall–Kier alpha value is 0. The summed E-state index contributed by atoms with van der Waals surface area (Å²) in [6.07, 6.45) is 4.12. The van der Waals surface area contributed by atoms with Crippen LogP contribution in [0.15, 0.2) is 4.99 Å². The molecule has 0 saturated heterocycles. The maximum atomic E-state index is 4.65. The van der Waals surface area contributed by atoms with Crippen LogP contribution in [-0.4, -0.2) is 25.1 Å². The largest absolute Gasteiger partial charge is 0.357 e. The van der Waals surface area contributed by atoms with Crippen LogP contribution in [0.25, 0.3) is 0 Å². The predicted molar refractivity (Wildman–Crippen MR) is 86.2 cm³/mol. The number of guanidine groups is 1. The van der Waals surface area contributed by atoms with Gasteiger partial charge in [0, 0.05) is 19.1 Å². The summed E-state index contributed by atoms with van der Waals surface area (Å²) in [7, 11) is 0. The van der Waals surface area contributed by atoms with Gasteiger partial charge < -0.3 is 10.6 Å². The number of nitrogens with one attached hydrogen (secondary N) is 2. The van der Waals surface area contributed by atoms with E-state index >= 15 is 0 Å². The number of hydrogen-bond acceptors (Lipinski definition) is 1. The van der Waals surface area contributed by atoms with Gasteiger partial charge in [0.15, 0.2) is 5.96 Å². The Labute approximate surface area is 123 Å². The van der Waals surface area contributed by atoms with Crippen molar-refractivity contribution in [3.63, 3.8) is 0 Å². The third kappa shape index (κ3) is 6.48. The van der Waals surface area contributed by atoms with Gasteiger partial charge in [0.1, 0.15) is 0 Å². The van der Waals surface area contributed by atoms with Gasteiger partial charge in [0.25, 0.3) is 0 Å². The Kier molecular flexibility index (Phi) is 9.00. The van der Waals surface area contributed by atoms with Gasteiger partial charge in [-0.15, -0.1) is 24.0 Å². The highest BCUT2D eigenvalue weighted by Gasteiger charge is 2.17. The molecule has 0 spiro atoms. The monoisotopic (exact) mass is 353 g/mol. The molecule has 1 unspecified atom stereocenters. The molecule has 0 heterocycles. The van der Waals surface area contributed by atoms with E-state index < -0.39 is 0 Å². The van der Waals surface area contributed by atoms with Crippen LogP contribution in [-0.2, 0) is 0 Å². The zero-order valence-electron chi connectivity index (χ0n) is 11.6. The van der Waals surface area contributed by atoms with E-state index in [1.54, 1.807) is 0 Å². The molecular weight excluding hydrogens is 325 g/mol. The maximum absolute atomic E-state index is 4.65. The summed E-state index contributed by atoms with van der Waals surface area (Å²) >= 11 is 0. The van der Waals surface area contributed by atoms with Gasteiger partial charge in [0.05, 0.1) is 0 Å². The van der Waals surface area contributed by atoms with Gasteiger partial charge in [-0.2, -0.15) is 0 Å². The van der Waals surface area contributed by atoms with Crippen LogP contribution < -0.4 is 10.6 Å². The second-order valence-corrected chi connectivity index (χ2v) is 5.19. The van der Waals surface area contributed by atoms with Crippen LogP contribution in [0, 0.1) is 11.8 Å². The van der Waals surface area contributed by atoms with E-state index in [0.29, 0.717) is 12.0 Å². The number of rotatable bonds is 5. The average Bonchev–Trinajstić information content (AvgIpc) is 2.15. The lowest BCUT2D eigenvalue weighted by Crippen LogP contribution is -2.44. The minimum Gasteiger partial charge on any atom is -0.357 e. The van der Waals surface area contributed by atoms with E-state index in [4.69, 9.17) is 0 Å². The normalized spacial score (nSPS) is 18.3. The molecule has 3 nitrogen and oxygen atoms in total. The van der Waals surface area contributed by atoms with Crippen molar-refractivity contribution in [2.75, 3.05) is 13.1 Å². The third-order valence-corrected chi connectivity index (χ3v) is 3.44. The first-order chi connectivity index (χ1) is 7.63. The summed E-state index contributed by atoms with van der Waals surface area (Å²) in [4.78, 5) is 4.65. The Balaban J connectivity index is 0.00000256. The highest BCUT2D eigenvalue weighted by Crippen LogP contribution is 2.26. The highest BCUT2D eigenvalue weighted by molar-refractivity contribution is 14.0. The molecule has 0 bridgehead atoms. The lowest BCUT2D eigenvalue weighted by atomic mass is 9.86. The molecule has 1 saturated carbocycles. The first-order valence-corrected chi connectivity index (χ1v) is 6.68. The molecule has 0 aliphatic heterocycles. The summed E-state index contributed by atoms with van der Waals surface area (Å²) in [6, 6.07) is 0.471. The molecule has 1 aliphatic rings. The molecular formula is C13H28IN3. The molecule has 0 aromatic heterocycles. The van der Waals surface area contributed by atoms with Gasteiger partial charge >= 0.3 is 0 Å². The van der Waals surface area contributed by atoms with Gasteiger partial charge in [-0.3, -0.25) is 4.99 Å². The molecule has 2 N–H and O–H groups in total. The molecule has 17 heavy (non-hydrogen) atoms. The molecule has 1 atom stereocenters. The smallest absolute Gasteiger partial charge is 0.191 e. The molecule has 1 rings (SSSR count). The molecule has 0 radical (unpaired) electrons. The van der Waals surface area contributed by atoms with Crippen molar-refractivity contribution in [2.24, 2.45) is 16.8 Å². The summed E-state index contributed by atoms with van der Waals surface area (Å²) in [5, 5.41) is 6.77. The van der Waals surface area contributed by atoms with Crippen molar-refractivity contribution in [3.8, 4) is 0 Å². The summed E-state index contributed by atoms with van der Waals surface area (Å²) in [5.41, 5.74) is 0. The van der Waals surface area contributed by atoms with E-state index in [2.05, 4.69) is 43.3 Å². The van der Waals surface area contributed by atoms with E-state index in [0.717, 1.165) is 25.0 Å². The molecule has 0 aromatic rings. The summed E-state index contributed by atoms with van der Waals surface area (Å²) < 4.78 is 0. The van der Waals surface area contributed by atoms with Gasteiger partial charge in [-0.1, -0.05) is 20.3 Å². The van der Waals surface area contributed by atoms with E-state index in [9.17, 15) is 0 Å². The number of halogens is 1. The molecule has 1 fully saturated rings. The summed E-state index contributed by atoms with van der Waals surface area (Å²) in [5.74, 6) is 2.45. The molecule has 4 heteroatoms. The van der Waals surface area contributed by atoms with Crippen LogP contribution in [0.4, 0.5) is 0 Å². The Morgan fingerprint density at radius 2 is 1.94 bits per heavy atom. The van der Waals surface area contributed by atoms with Crippen molar-refractivity contribution < 1.29 is 0 Å². The van der Waals surface area contributed by atoms with Crippen molar-refractivity contribution in [1.82, 2.24) is 10.6 Å². The van der Waals surface area contributed by atoms with Crippen molar-refractivity contribution in [1.29, 1.82) is 0 Å². The van der Waals surface area contributed by atoms with Crippen molar-refractivity contribution >= 4 is 29.9 Å². The number of nitrogens with zero attached hydrogens (tertiary/aromatic N) is 1. The molecule has 102 valence electrons. The fourth-order valence-corrected chi connectivity index (χ4v) is 1.60. The second kappa shape index (κ2) is 9.00. The zero-order chi connectivity index (χ0) is 12.0. The quantitative estimate of drug-likeness (QED) is 0.453. The van der Waals surface area contributed by atoms with Crippen molar-refractivity contribution in [3.05, 3.63) is 0 Å². The standard InChI is InChI=1S/C13H27N3.HI/c1-5-14-13(16-11(4)10(2)3)15-9-12-7-6-8-12;/h10-12H,5-9H2,1-4H3,(H2,14,15,16);1H. The van der Waals surface area contributed by atoms with Crippen LogP contribution in [0.5, 0.6) is 0 Å². The SMILES string of the molecule is CCNC(=NCC1CCC1)NC(C)C(C)C.I. The minimum atomic E-state index is 0. The predicted octanol–water partition coefficient (Wildman–Crippen LogP) is 3.00. The van der Waals surface area contributed by atoms with Crippen LogP contribution in [0.3, 0.4) is 0 Å². The van der Waals surface area contributed by atoms with Crippen LogP contribution in [0.2, 0.25) is 0 Å². The topological polar surface area (TPSA) is 36.4 Å². The third-order valence-electron chi connectivity index (χ3n) is 3.44. The number of aliphatic imine (C=N–C) groups is 1. The Morgan fingerprint density at radius 3 is 2.35 bits per heavy atom.